The van der Waals surface area contributed by atoms with Gasteiger partial charge in [0, 0.05) is 45.8 Å². The van der Waals surface area contributed by atoms with Gasteiger partial charge in [0.15, 0.2) is 0 Å². The Morgan fingerprint density at radius 2 is 2.08 bits per heavy atom. The number of hydrogen-bond donors (Lipinski definition) is 3. The van der Waals surface area contributed by atoms with Gasteiger partial charge < -0.3 is 15.6 Å². The molecule has 0 saturated heterocycles. The summed E-state index contributed by atoms with van der Waals surface area (Å²) in [5.74, 6) is -0.0611. The number of aromatic amines is 1. The molecule has 0 saturated carbocycles. The molecule has 5 heteroatoms. The number of fused-ring (bicyclic) bond motifs is 2. The Hall–Kier alpha value is -2.30. The molecule has 1 amide bonds. The van der Waals surface area contributed by atoms with Gasteiger partial charge in [-0.15, -0.1) is 0 Å². The van der Waals surface area contributed by atoms with E-state index in [9.17, 15) is 4.79 Å². The molecule has 2 heterocycles. The van der Waals surface area contributed by atoms with Crippen LogP contribution in [0.3, 0.4) is 0 Å². The minimum Gasteiger partial charge on any atom is -0.355 e. The highest BCUT2D eigenvalue weighted by molar-refractivity contribution is 6.32. The van der Waals surface area contributed by atoms with Crippen molar-refractivity contribution >= 4 is 28.4 Å². The lowest BCUT2D eigenvalue weighted by atomic mass is 10.0. The van der Waals surface area contributed by atoms with E-state index in [2.05, 4.69) is 46.8 Å². The molecule has 3 aromatic rings. The van der Waals surface area contributed by atoms with Gasteiger partial charge in [-0.05, 0) is 36.4 Å². The van der Waals surface area contributed by atoms with Gasteiger partial charge in [0.2, 0.25) is 0 Å². The van der Waals surface area contributed by atoms with E-state index in [1.807, 2.05) is 12.1 Å². The van der Waals surface area contributed by atoms with Crippen LogP contribution in [0.2, 0.25) is 5.02 Å². The van der Waals surface area contributed by atoms with E-state index in [1.165, 1.54) is 5.56 Å². The summed E-state index contributed by atoms with van der Waals surface area (Å²) in [6.45, 7) is 4.39. The third-order valence-corrected chi connectivity index (χ3v) is 4.82. The van der Waals surface area contributed by atoms with Crippen molar-refractivity contribution < 1.29 is 4.79 Å². The van der Waals surface area contributed by atoms with Gasteiger partial charge in [0.25, 0.3) is 5.91 Å². The molecule has 0 spiro atoms. The molecule has 4 rings (SSSR count). The predicted molar refractivity (Wildman–Crippen MR) is 97.3 cm³/mol. The van der Waals surface area contributed by atoms with E-state index in [1.54, 1.807) is 0 Å². The van der Waals surface area contributed by atoms with E-state index in [0.29, 0.717) is 17.1 Å². The van der Waals surface area contributed by atoms with Crippen molar-refractivity contribution in [3.8, 4) is 11.3 Å². The van der Waals surface area contributed by atoms with Crippen LogP contribution in [0.4, 0.5) is 0 Å². The summed E-state index contributed by atoms with van der Waals surface area (Å²) >= 11 is 6.23. The zero-order valence-corrected chi connectivity index (χ0v) is 14.1. The van der Waals surface area contributed by atoms with Crippen LogP contribution in [0.15, 0.2) is 36.4 Å². The van der Waals surface area contributed by atoms with E-state index in [4.69, 9.17) is 11.6 Å². The third kappa shape index (κ3) is 2.48. The molecule has 24 heavy (non-hydrogen) atoms. The Morgan fingerprint density at radius 3 is 2.92 bits per heavy atom. The first-order valence-electron chi connectivity index (χ1n) is 8.09. The molecule has 0 unspecified atom stereocenters. The average molecular weight is 340 g/mol. The quantitative estimate of drug-likeness (QED) is 0.676. The maximum absolute atomic E-state index is 12.2. The van der Waals surface area contributed by atoms with E-state index >= 15 is 0 Å². The molecule has 2 aromatic carbocycles. The molecule has 0 aliphatic carbocycles. The van der Waals surface area contributed by atoms with Crippen molar-refractivity contribution in [3.63, 3.8) is 0 Å². The maximum atomic E-state index is 12.2. The number of carbonyl (C=O) groups is 1. The van der Waals surface area contributed by atoms with Gasteiger partial charge in [0.05, 0.1) is 5.56 Å². The van der Waals surface area contributed by atoms with Gasteiger partial charge in [-0.3, -0.25) is 4.79 Å². The average Bonchev–Trinajstić information content (AvgIpc) is 3.17. The molecule has 1 aliphatic heterocycles. The third-order valence-electron chi connectivity index (χ3n) is 4.46. The Balaban J connectivity index is 1.80. The smallest absolute Gasteiger partial charge is 0.252 e. The summed E-state index contributed by atoms with van der Waals surface area (Å²) in [6, 6.07) is 12.2. The number of hydrogen-bond acceptors (Lipinski definition) is 2. The van der Waals surface area contributed by atoms with E-state index in [-0.39, 0.29) is 5.91 Å². The van der Waals surface area contributed by atoms with Gasteiger partial charge in [-0.25, -0.2) is 0 Å². The Morgan fingerprint density at radius 1 is 1.21 bits per heavy atom. The largest absolute Gasteiger partial charge is 0.355 e. The van der Waals surface area contributed by atoms with Crippen molar-refractivity contribution in [1.82, 2.24) is 15.6 Å². The summed E-state index contributed by atoms with van der Waals surface area (Å²) in [5, 5.41) is 7.97. The second-order valence-corrected chi connectivity index (χ2v) is 6.42. The van der Waals surface area contributed by atoms with Gasteiger partial charge >= 0.3 is 0 Å². The van der Waals surface area contributed by atoms with E-state index < -0.39 is 0 Å². The van der Waals surface area contributed by atoms with Crippen molar-refractivity contribution in [2.75, 3.05) is 6.54 Å². The number of rotatable bonds is 4. The number of carbonyl (C=O) groups excluding carboxylic acids is 1. The first-order chi connectivity index (χ1) is 11.7. The normalized spacial score (nSPS) is 13.3. The van der Waals surface area contributed by atoms with Crippen molar-refractivity contribution in [1.29, 1.82) is 0 Å². The van der Waals surface area contributed by atoms with Crippen LogP contribution in [0.25, 0.3) is 22.2 Å². The van der Waals surface area contributed by atoms with Crippen LogP contribution in [-0.2, 0) is 13.1 Å². The second-order valence-electron chi connectivity index (χ2n) is 6.02. The number of amides is 1. The van der Waals surface area contributed by atoms with Gasteiger partial charge in [-0.2, -0.15) is 0 Å². The molecular weight excluding hydrogens is 322 g/mol. The number of halogens is 1. The standard InChI is InChI=1S/C19H18ClN3O/c1-2-21-9-11-3-6-16-12(7-11)8-17(23-16)13-4-5-15(20)14-10-22-19(24)18(13)14/h3-8,21,23H,2,9-10H2,1H3,(H,22,24). The minimum absolute atomic E-state index is 0.0611. The van der Waals surface area contributed by atoms with Crippen molar-refractivity contribution in [3.05, 3.63) is 58.1 Å². The van der Waals surface area contributed by atoms with Crippen LogP contribution < -0.4 is 10.6 Å². The molecule has 1 aromatic heterocycles. The molecule has 1 aliphatic rings. The number of benzene rings is 2. The fourth-order valence-electron chi connectivity index (χ4n) is 3.24. The highest BCUT2D eigenvalue weighted by atomic mass is 35.5. The molecule has 0 atom stereocenters. The Kier molecular flexibility index (Phi) is 3.79. The fourth-order valence-corrected chi connectivity index (χ4v) is 3.47. The molecular formula is C19H18ClN3O. The maximum Gasteiger partial charge on any atom is 0.252 e. The molecule has 3 N–H and O–H groups in total. The fraction of sp³-hybridized carbons (Fsp3) is 0.211. The zero-order valence-electron chi connectivity index (χ0n) is 13.4. The molecule has 0 bridgehead atoms. The highest BCUT2D eigenvalue weighted by Crippen LogP contribution is 2.34. The van der Waals surface area contributed by atoms with Crippen LogP contribution in [0.1, 0.15) is 28.4 Å². The topological polar surface area (TPSA) is 56.9 Å². The second kappa shape index (κ2) is 5.96. The summed E-state index contributed by atoms with van der Waals surface area (Å²) in [7, 11) is 0. The molecule has 0 fully saturated rings. The molecule has 0 radical (unpaired) electrons. The number of H-pyrrole nitrogens is 1. The minimum atomic E-state index is -0.0611. The summed E-state index contributed by atoms with van der Waals surface area (Å²) in [6.07, 6.45) is 0. The van der Waals surface area contributed by atoms with Crippen LogP contribution in [0, 0.1) is 0 Å². The monoisotopic (exact) mass is 339 g/mol. The Labute approximate surface area is 145 Å². The lowest BCUT2D eigenvalue weighted by Gasteiger charge is -2.06. The highest BCUT2D eigenvalue weighted by Gasteiger charge is 2.26. The summed E-state index contributed by atoms with van der Waals surface area (Å²) < 4.78 is 0. The first-order valence-corrected chi connectivity index (χ1v) is 8.47. The lowest BCUT2D eigenvalue weighted by Crippen LogP contribution is -2.13. The van der Waals surface area contributed by atoms with Crippen molar-refractivity contribution in [2.45, 2.75) is 20.0 Å². The zero-order chi connectivity index (χ0) is 16.7. The van der Waals surface area contributed by atoms with Crippen molar-refractivity contribution in [2.24, 2.45) is 0 Å². The molecule has 122 valence electrons. The number of aromatic nitrogens is 1. The predicted octanol–water partition coefficient (Wildman–Crippen LogP) is 3.84. The molecule has 4 nitrogen and oxygen atoms in total. The van der Waals surface area contributed by atoms with Gasteiger partial charge in [-0.1, -0.05) is 30.7 Å². The number of nitrogens with one attached hydrogen (secondary N) is 3. The summed E-state index contributed by atoms with van der Waals surface area (Å²) in [5.41, 5.74) is 5.71. The SMILES string of the molecule is CCNCc1ccc2[nH]c(-c3ccc(Cl)c4c3C(=O)NC4)cc2c1. The van der Waals surface area contributed by atoms with Crippen LogP contribution >= 0.6 is 11.6 Å². The Bertz CT molecular complexity index is 945. The van der Waals surface area contributed by atoms with Crippen LogP contribution in [0.5, 0.6) is 0 Å². The van der Waals surface area contributed by atoms with E-state index in [0.717, 1.165) is 40.8 Å². The van der Waals surface area contributed by atoms with Crippen LogP contribution in [-0.4, -0.2) is 17.4 Å². The first kappa shape index (κ1) is 15.2. The lowest BCUT2D eigenvalue weighted by molar-refractivity contribution is 0.0966. The summed E-state index contributed by atoms with van der Waals surface area (Å²) in [4.78, 5) is 15.6. The van der Waals surface area contributed by atoms with Gasteiger partial charge in [0.1, 0.15) is 0 Å².